The summed E-state index contributed by atoms with van der Waals surface area (Å²) in [5, 5.41) is 0. The third kappa shape index (κ3) is 3.19. The van der Waals surface area contributed by atoms with Gasteiger partial charge in [-0.2, -0.15) is 13.8 Å². The maximum atomic E-state index is 12.5. The fourth-order valence-corrected chi connectivity index (χ4v) is 0.770. The second kappa shape index (κ2) is 4.33. The summed E-state index contributed by atoms with van der Waals surface area (Å²) in [6, 6.07) is 1.94. The van der Waals surface area contributed by atoms with Crippen LogP contribution in [-0.2, 0) is 4.79 Å². The lowest BCUT2D eigenvalue weighted by atomic mass is 10.2. The molecule has 0 aliphatic rings. The molecule has 1 aromatic rings. The van der Waals surface area contributed by atoms with Crippen molar-refractivity contribution in [3.05, 3.63) is 29.6 Å². The van der Waals surface area contributed by atoms with Crippen molar-refractivity contribution in [3.8, 4) is 11.8 Å². The fourth-order valence-electron chi connectivity index (χ4n) is 0.770. The Hall–Kier alpha value is -1.96. The molecule has 2 N–H and O–H groups in total. The highest BCUT2D eigenvalue weighted by Gasteiger charge is 1.98. The minimum atomic E-state index is -0.951. The molecule has 14 heavy (non-hydrogen) atoms. The lowest BCUT2D eigenvalue weighted by Crippen LogP contribution is -2.08. The number of aromatic nitrogens is 1. The van der Waals surface area contributed by atoms with E-state index in [4.69, 9.17) is 5.73 Å². The van der Waals surface area contributed by atoms with Crippen LogP contribution in [0.2, 0.25) is 0 Å². The minimum Gasteiger partial charge on any atom is -0.369 e. The molecule has 0 saturated carbocycles. The summed E-state index contributed by atoms with van der Waals surface area (Å²) in [5.41, 5.74) is 4.94. The van der Waals surface area contributed by atoms with Crippen LogP contribution in [0.4, 0.5) is 8.78 Å². The fraction of sp³-hybridized carbons (Fsp3) is 0.111. The molecule has 1 rings (SSSR count). The van der Waals surface area contributed by atoms with Crippen molar-refractivity contribution in [2.45, 2.75) is 6.42 Å². The van der Waals surface area contributed by atoms with Gasteiger partial charge in [-0.1, -0.05) is 11.8 Å². The van der Waals surface area contributed by atoms with Crippen LogP contribution in [0.1, 0.15) is 12.0 Å². The Bertz CT molecular complexity index is 400. The van der Waals surface area contributed by atoms with Crippen LogP contribution in [0.25, 0.3) is 0 Å². The molecule has 0 unspecified atom stereocenters. The average Bonchev–Trinajstić information content (AvgIpc) is 2.01. The molecule has 0 aliphatic carbocycles. The number of nitrogens with two attached hydrogens (primary N) is 1. The Labute approximate surface area is 78.9 Å². The number of carbonyl (C=O) groups excluding carboxylic acids is 1. The van der Waals surface area contributed by atoms with E-state index >= 15 is 0 Å². The molecule has 0 saturated heterocycles. The van der Waals surface area contributed by atoms with Gasteiger partial charge < -0.3 is 5.73 Å². The molecule has 0 aromatic carbocycles. The maximum absolute atomic E-state index is 12.5. The van der Waals surface area contributed by atoms with Crippen LogP contribution in [0.3, 0.4) is 0 Å². The molecule has 1 aromatic heterocycles. The molecule has 3 nitrogen and oxygen atoms in total. The zero-order valence-corrected chi connectivity index (χ0v) is 7.05. The summed E-state index contributed by atoms with van der Waals surface area (Å²) in [6.45, 7) is 0. The van der Waals surface area contributed by atoms with Crippen LogP contribution in [-0.4, -0.2) is 10.9 Å². The summed E-state index contributed by atoms with van der Waals surface area (Å²) in [4.78, 5) is 13.2. The Kier molecular flexibility index (Phi) is 3.13. The zero-order chi connectivity index (χ0) is 10.6. The highest BCUT2D eigenvalue weighted by atomic mass is 19.1. The Morgan fingerprint density at radius 2 is 2.00 bits per heavy atom. The van der Waals surface area contributed by atoms with Crippen molar-refractivity contribution in [3.63, 3.8) is 0 Å². The van der Waals surface area contributed by atoms with E-state index in [0.29, 0.717) is 0 Å². The van der Waals surface area contributed by atoms with Crippen LogP contribution < -0.4 is 5.73 Å². The van der Waals surface area contributed by atoms with Crippen molar-refractivity contribution in [2.24, 2.45) is 5.73 Å². The van der Waals surface area contributed by atoms with E-state index in [0.717, 1.165) is 12.1 Å². The van der Waals surface area contributed by atoms with Gasteiger partial charge in [0.05, 0.1) is 6.42 Å². The van der Waals surface area contributed by atoms with E-state index in [1.54, 1.807) is 0 Å². The van der Waals surface area contributed by atoms with Crippen LogP contribution in [0.5, 0.6) is 0 Å². The van der Waals surface area contributed by atoms with Crippen molar-refractivity contribution in [1.29, 1.82) is 0 Å². The van der Waals surface area contributed by atoms with Gasteiger partial charge >= 0.3 is 0 Å². The number of hydrogen-bond acceptors (Lipinski definition) is 2. The second-order valence-electron chi connectivity index (χ2n) is 2.45. The molecule has 0 bridgehead atoms. The maximum Gasteiger partial charge on any atom is 0.229 e. The first-order chi connectivity index (χ1) is 6.58. The van der Waals surface area contributed by atoms with Gasteiger partial charge in [0.2, 0.25) is 17.8 Å². The molecule has 0 fully saturated rings. The molecule has 1 heterocycles. The number of pyridine rings is 1. The third-order valence-electron chi connectivity index (χ3n) is 1.26. The minimum absolute atomic E-state index is 0.122. The lowest BCUT2D eigenvalue weighted by molar-refractivity contribution is -0.117. The van der Waals surface area contributed by atoms with Crippen LogP contribution >= 0.6 is 0 Å². The normalized spacial score (nSPS) is 9.00. The predicted octanol–water partition coefficient (Wildman–Crippen LogP) is 0.587. The van der Waals surface area contributed by atoms with Gasteiger partial charge in [0.25, 0.3) is 0 Å². The summed E-state index contributed by atoms with van der Waals surface area (Å²) >= 11 is 0. The Morgan fingerprint density at radius 3 is 2.50 bits per heavy atom. The summed E-state index contributed by atoms with van der Waals surface area (Å²) in [5.74, 6) is 2.27. The van der Waals surface area contributed by atoms with Crippen LogP contribution in [0.15, 0.2) is 12.1 Å². The highest BCUT2D eigenvalue weighted by molar-refractivity contribution is 5.76. The molecule has 72 valence electrons. The smallest absolute Gasteiger partial charge is 0.229 e. The number of carbonyl (C=O) groups is 1. The van der Waals surface area contributed by atoms with Crippen molar-refractivity contribution in [2.75, 3.05) is 0 Å². The molecule has 0 radical (unpaired) electrons. The van der Waals surface area contributed by atoms with Gasteiger partial charge in [-0.05, 0) is 0 Å². The number of halogens is 2. The van der Waals surface area contributed by atoms with E-state index in [-0.39, 0.29) is 12.0 Å². The van der Waals surface area contributed by atoms with E-state index in [1.165, 1.54) is 0 Å². The molecule has 0 spiro atoms. The molecular formula is C9H6F2N2O. The third-order valence-corrected chi connectivity index (χ3v) is 1.26. The van der Waals surface area contributed by atoms with Crippen molar-refractivity contribution < 1.29 is 13.6 Å². The number of hydrogen-bond donors (Lipinski definition) is 1. The van der Waals surface area contributed by atoms with E-state index in [1.807, 2.05) is 0 Å². The highest BCUT2D eigenvalue weighted by Crippen LogP contribution is 2.02. The average molecular weight is 196 g/mol. The molecule has 5 heteroatoms. The molecule has 0 atom stereocenters. The van der Waals surface area contributed by atoms with E-state index < -0.39 is 17.8 Å². The SMILES string of the molecule is NC(=O)CC#Cc1cc(F)nc(F)c1. The summed E-state index contributed by atoms with van der Waals surface area (Å²) in [6.07, 6.45) is -0.147. The van der Waals surface area contributed by atoms with Crippen molar-refractivity contribution >= 4 is 5.91 Å². The van der Waals surface area contributed by atoms with Gasteiger partial charge in [0.1, 0.15) is 0 Å². The van der Waals surface area contributed by atoms with Gasteiger partial charge in [-0.25, -0.2) is 0 Å². The predicted molar refractivity (Wildman–Crippen MR) is 44.8 cm³/mol. The Morgan fingerprint density at radius 1 is 1.43 bits per heavy atom. The van der Waals surface area contributed by atoms with Gasteiger partial charge in [-0.15, -0.1) is 0 Å². The number of rotatable bonds is 1. The first-order valence-corrected chi connectivity index (χ1v) is 3.68. The van der Waals surface area contributed by atoms with E-state index in [2.05, 4.69) is 16.8 Å². The number of primary amides is 1. The van der Waals surface area contributed by atoms with Gasteiger partial charge in [-0.3, -0.25) is 4.79 Å². The lowest BCUT2D eigenvalue weighted by Gasteiger charge is -1.91. The number of amides is 1. The topological polar surface area (TPSA) is 56.0 Å². The van der Waals surface area contributed by atoms with E-state index in [9.17, 15) is 13.6 Å². The molecular weight excluding hydrogens is 190 g/mol. The van der Waals surface area contributed by atoms with Crippen molar-refractivity contribution in [1.82, 2.24) is 4.98 Å². The first-order valence-electron chi connectivity index (χ1n) is 3.68. The Balaban J connectivity index is 2.84. The standard InChI is InChI=1S/C9H6F2N2O/c10-7-4-6(5-8(11)13-7)2-1-3-9(12)14/h4-5H,3H2,(H2,12,14). The monoisotopic (exact) mass is 196 g/mol. The van der Waals surface area contributed by atoms with Gasteiger partial charge in [0, 0.05) is 17.7 Å². The summed E-state index contributed by atoms with van der Waals surface area (Å²) in [7, 11) is 0. The second-order valence-corrected chi connectivity index (χ2v) is 2.45. The summed E-state index contributed by atoms with van der Waals surface area (Å²) < 4.78 is 25.0. The van der Waals surface area contributed by atoms with Gasteiger partial charge in [0.15, 0.2) is 0 Å². The zero-order valence-electron chi connectivity index (χ0n) is 7.05. The quantitative estimate of drug-likeness (QED) is 0.527. The largest absolute Gasteiger partial charge is 0.369 e. The number of nitrogens with zero attached hydrogens (tertiary/aromatic N) is 1. The molecule has 1 amide bonds. The first kappa shape index (κ1) is 10.1. The molecule has 0 aliphatic heterocycles. The van der Waals surface area contributed by atoms with Crippen LogP contribution in [0, 0.1) is 23.7 Å².